The van der Waals surface area contributed by atoms with Crippen LogP contribution >= 0.6 is 11.3 Å². The van der Waals surface area contributed by atoms with Crippen molar-refractivity contribution < 1.29 is 4.79 Å². The zero-order chi connectivity index (χ0) is 17.6. The van der Waals surface area contributed by atoms with Crippen molar-refractivity contribution in [1.29, 1.82) is 0 Å². The van der Waals surface area contributed by atoms with Crippen LogP contribution in [0.2, 0.25) is 0 Å². The first-order chi connectivity index (χ1) is 12.1. The summed E-state index contributed by atoms with van der Waals surface area (Å²) in [6.07, 6.45) is 1.68. The molecule has 6 heteroatoms. The van der Waals surface area contributed by atoms with E-state index < -0.39 is 0 Å². The van der Waals surface area contributed by atoms with Gasteiger partial charge in [0, 0.05) is 45.8 Å². The van der Waals surface area contributed by atoms with Crippen LogP contribution in [-0.2, 0) is 0 Å². The van der Waals surface area contributed by atoms with Gasteiger partial charge in [-0.05, 0) is 12.1 Å². The van der Waals surface area contributed by atoms with E-state index in [4.69, 9.17) is 0 Å². The van der Waals surface area contributed by atoms with Crippen LogP contribution in [0.25, 0.3) is 0 Å². The van der Waals surface area contributed by atoms with E-state index in [-0.39, 0.29) is 5.91 Å². The van der Waals surface area contributed by atoms with Gasteiger partial charge >= 0.3 is 0 Å². The Kier molecular flexibility index (Phi) is 5.69. The van der Waals surface area contributed by atoms with Gasteiger partial charge in [-0.3, -0.25) is 9.69 Å². The minimum atomic E-state index is 0.0126. The monoisotopic (exact) mass is 354 g/mol. The van der Waals surface area contributed by atoms with E-state index in [2.05, 4.69) is 26.6 Å². The summed E-state index contributed by atoms with van der Waals surface area (Å²) in [7, 11) is 3.52. The molecule has 1 amide bonds. The van der Waals surface area contributed by atoms with Crippen molar-refractivity contribution in [2.24, 2.45) is 0 Å². The normalized spacial score (nSPS) is 14.7. The first-order valence-corrected chi connectivity index (χ1v) is 9.14. The van der Waals surface area contributed by atoms with Gasteiger partial charge in [0.1, 0.15) is 4.88 Å². The molecule has 130 valence electrons. The molecule has 1 aromatic heterocycles. The number of benzene rings is 1. The maximum Gasteiger partial charge on any atom is 0.265 e. The maximum absolute atomic E-state index is 12.0. The van der Waals surface area contributed by atoms with Gasteiger partial charge in [-0.15, -0.1) is 0 Å². The number of piperazine rings is 1. The number of anilines is 1. The van der Waals surface area contributed by atoms with Crippen LogP contribution in [0, 0.1) is 11.8 Å². The van der Waals surface area contributed by atoms with Crippen molar-refractivity contribution in [2.75, 3.05) is 51.7 Å². The summed E-state index contributed by atoms with van der Waals surface area (Å²) in [5, 5.41) is 0.931. The Hall–Kier alpha value is -2.36. The molecule has 1 fully saturated rings. The van der Waals surface area contributed by atoms with E-state index in [1.54, 1.807) is 25.2 Å². The molecule has 0 aliphatic carbocycles. The number of hydrogen-bond acceptors (Lipinski definition) is 5. The van der Waals surface area contributed by atoms with E-state index in [9.17, 15) is 4.79 Å². The molecule has 2 heterocycles. The molecule has 0 unspecified atom stereocenters. The Morgan fingerprint density at radius 2 is 1.92 bits per heavy atom. The SMILES string of the molecule is CN(C)C(=O)c1cnc(N2CCN(CC#Cc3ccccc3)CC2)s1. The highest BCUT2D eigenvalue weighted by molar-refractivity contribution is 7.17. The molecule has 5 nitrogen and oxygen atoms in total. The van der Waals surface area contributed by atoms with Crippen molar-refractivity contribution in [1.82, 2.24) is 14.8 Å². The van der Waals surface area contributed by atoms with Crippen LogP contribution in [0.3, 0.4) is 0 Å². The highest BCUT2D eigenvalue weighted by atomic mass is 32.1. The van der Waals surface area contributed by atoms with Gasteiger partial charge in [-0.25, -0.2) is 4.98 Å². The van der Waals surface area contributed by atoms with Crippen LogP contribution in [0.1, 0.15) is 15.2 Å². The fourth-order valence-electron chi connectivity index (χ4n) is 2.60. The lowest BCUT2D eigenvalue weighted by Crippen LogP contribution is -2.46. The lowest BCUT2D eigenvalue weighted by Gasteiger charge is -2.33. The fraction of sp³-hybridized carbons (Fsp3) is 0.368. The largest absolute Gasteiger partial charge is 0.346 e. The standard InChI is InChI=1S/C19H22N4OS/c1-21(2)18(24)17-15-20-19(25-17)23-13-11-22(12-14-23)10-6-9-16-7-4-3-5-8-16/h3-5,7-8,15H,10-14H2,1-2H3. The number of amides is 1. The lowest BCUT2D eigenvalue weighted by atomic mass is 10.2. The molecule has 1 aliphatic rings. The van der Waals surface area contributed by atoms with Crippen molar-refractivity contribution >= 4 is 22.4 Å². The van der Waals surface area contributed by atoms with E-state index in [0.717, 1.165) is 43.4 Å². The van der Waals surface area contributed by atoms with E-state index in [0.29, 0.717) is 4.88 Å². The summed E-state index contributed by atoms with van der Waals surface area (Å²) in [6, 6.07) is 10.1. The Balaban J connectivity index is 1.51. The number of thiazole rings is 1. The second-order valence-electron chi connectivity index (χ2n) is 6.14. The third-order valence-electron chi connectivity index (χ3n) is 4.06. The minimum Gasteiger partial charge on any atom is -0.346 e. The van der Waals surface area contributed by atoms with Crippen LogP contribution in [0.5, 0.6) is 0 Å². The Labute approximate surface area is 152 Å². The Morgan fingerprint density at radius 1 is 1.20 bits per heavy atom. The predicted molar refractivity (Wildman–Crippen MR) is 102 cm³/mol. The van der Waals surface area contributed by atoms with Gasteiger partial charge in [0.2, 0.25) is 0 Å². The average Bonchev–Trinajstić information content (AvgIpc) is 3.12. The molecule has 2 aromatic rings. The summed E-state index contributed by atoms with van der Waals surface area (Å²) in [4.78, 5) is 23.3. The van der Waals surface area contributed by atoms with E-state index >= 15 is 0 Å². The zero-order valence-electron chi connectivity index (χ0n) is 14.6. The first kappa shape index (κ1) is 17.5. The molecule has 25 heavy (non-hydrogen) atoms. The number of carbonyl (C=O) groups excluding carboxylic acids is 1. The maximum atomic E-state index is 12.0. The van der Waals surface area contributed by atoms with Crippen LogP contribution in [-0.4, -0.2) is 67.5 Å². The lowest BCUT2D eigenvalue weighted by molar-refractivity contribution is 0.0832. The second kappa shape index (κ2) is 8.15. The molecule has 0 radical (unpaired) electrons. The molecule has 0 saturated carbocycles. The molecule has 1 saturated heterocycles. The minimum absolute atomic E-state index is 0.0126. The average molecular weight is 354 g/mol. The van der Waals surface area contributed by atoms with Crippen LogP contribution in [0.4, 0.5) is 5.13 Å². The number of carbonyl (C=O) groups is 1. The molecule has 0 bridgehead atoms. The van der Waals surface area contributed by atoms with E-state index in [1.165, 1.54) is 11.3 Å². The van der Waals surface area contributed by atoms with Crippen molar-refractivity contribution in [3.05, 3.63) is 47.0 Å². The predicted octanol–water partition coefficient (Wildman–Crippen LogP) is 2.02. The molecule has 0 atom stereocenters. The Bertz CT molecular complexity index is 767. The summed E-state index contributed by atoms with van der Waals surface area (Å²) in [5.74, 6) is 6.47. The molecule has 0 spiro atoms. The summed E-state index contributed by atoms with van der Waals surface area (Å²) in [6.45, 7) is 4.53. The summed E-state index contributed by atoms with van der Waals surface area (Å²) >= 11 is 1.47. The third kappa shape index (κ3) is 4.59. The fourth-order valence-corrected chi connectivity index (χ4v) is 3.59. The van der Waals surface area contributed by atoms with Gasteiger partial charge in [0.25, 0.3) is 5.91 Å². The number of aromatic nitrogens is 1. The summed E-state index contributed by atoms with van der Waals surface area (Å²) in [5.41, 5.74) is 1.06. The van der Waals surface area contributed by atoms with Crippen LogP contribution < -0.4 is 4.90 Å². The number of rotatable bonds is 3. The van der Waals surface area contributed by atoms with E-state index in [1.807, 2.05) is 30.3 Å². The van der Waals surface area contributed by atoms with Gasteiger partial charge in [-0.1, -0.05) is 41.4 Å². The quantitative estimate of drug-likeness (QED) is 0.791. The third-order valence-corrected chi connectivity index (χ3v) is 5.11. The van der Waals surface area contributed by atoms with Gasteiger partial charge < -0.3 is 9.80 Å². The van der Waals surface area contributed by atoms with Crippen molar-refractivity contribution in [3.8, 4) is 11.8 Å². The molecular formula is C19H22N4OS. The Morgan fingerprint density at radius 3 is 2.60 bits per heavy atom. The summed E-state index contributed by atoms with van der Waals surface area (Å²) < 4.78 is 0. The molecule has 3 rings (SSSR count). The number of hydrogen-bond donors (Lipinski definition) is 0. The van der Waals surface area contributed by atoms with Gasteiger partial charge in [0.05, 0.1) is 12.7 Å². The molecule has 1 aliphatic heterocycles. The van der Waals surface area contributed by atoms with Crippen molar-refractivity contribution in [3.63, 3.8) is 0 Å². The topological polar surface area (TPSA) is 39.7 Å². The highest BCUT2D eigenvalue weighted by Crippen LogP contribution is 2.24. The van der Waals surface area contributed by atoms with Gasteiger partial charge in [-0.2, -0.15) is 0 Å². The molecule has 1 aromatic carbocycles. The van der Waals surface area contributed by atoms with Gasteiger partial charge in [0.15, 0.2) is 5.13 Å². The second-order valence-corrected chi connectivity index (χ2v) is 7.15. The van der Waals surface area contributed by atoms with Crippen LogP contribution in [0.15, 0.2) is 36.5 Å². The smallest absolute Gasteiger partial charge is 0.265 e. The zero-order valence-corrected chi connectivity index (χ0v) is 15.4. The number of nitrogens with zero attached hydrogens (tertiary/aromatic N) is 4. The molecular weight excluding hydrogens is 332 g/mol. The van der Waals surface area contributed by atoms with Crippen molar-refractivity contribution in [2.45, 2.75) is 0 Å². The molecule has 0 N–H and O–H groups in total. The first-order valence-electron chi connectivity index (χ1n) is 8.32. The highest BCUT2D eigenvalue weighted by Gasteiger charge is 2.20.